The van der Waals surface area contributed by atoms with E-state index in [1.54, 1.807) is 6.08 Å². The lowest BCUT2D eigenvalue weighted by Crippen LogP contribution is -2.37. The zero-order valence-corrected chi connectivity index (χ0v) is 41.5. The number of quaternary nitrogens is 1. The highest BCUT2D eigenvalue weighted by Crippen LogP contribution is 2.43. The number of carbonyl (C=O) groups excluding carboxylic acids is 2. The number of nitrogens with zero attached hydrogens (tertiary/aromatic N) is 1. The summed E-state index contributed by atoms with van der Waals surface area (Å²) in [6, 6.07) is 0. The Kier molecular flexibility index (Phi) is 41.2. The summed E-state index contributed by atoms with van der Waals surface area (Å²) >= 11 is 0. The Morgan fingerprint density at radius 2 is 1.11 bits per heavy atom. The second-order valence-corrected chi connectivity index (χ2v) is 18.4. The quantitative estimate of drug-likeness (QED) is 0.0154. The Balaban J connectivity index is 4.52. The molecule has 0 spiro atoms. The summed E-state index contributed by atoms with van der Waals surface area (Å²) in [6.45, 7) is 4.08. The molecule has 0 aromatic heterocycles. The van der Waals surface area contributed by atoms with Crippen LogP contribution in [0.15, 0.2) is 109 Å². The molecular weight excluding hydrogens is 826 g/mol. The van der Waals surface area contributed by atoms with Crippen LogP contribution in [0.2, 0.25) is 0 Å². The number of hydrogen-bond acceptors (Lipinski definition) is 8. The van der Waals surface area contributed by atoms with E-state index in [4.69, 9.17) is 18.5 Å². The molecule has 0 bridgehead atoms. The van der Waals surface area contributed by atoms with E-state index in [1.807, 2.05) is 69.8 Å². The number of phosphoric ester groups is 1. The minimum atomic E-state index is -4.42. The summed E-state index contributed by atoms with van der Waals surface area (Å²) in [7, 11) is 1.37. The largest absolute Gasteiger partial charge is 0.472 e. The topological polar surface area (TPSA) is 129 Å². The standard InChI is InChI=1S/C53H88NO9P/c1-6-8-10-12-14-15-16-17-18-19-20-21-22-23-24-25-29-32-36-40-44-52(56)60-48-51(49-62-64(58,59)61-47-46-54(3,4)5)63-53(57)45-41-37-33-30-27-26-28-31-35-39-43-50(55)42-38-34-13-11-9-7-2/h9,11,15-16,18-19,21-22,26-27,31,33-35,37-39,43,50-51,55H,6-8,10,12-14,17,20,23-25,28-30,32,36,40-42,44-49H2,1-5H3/p+1/b11-9-,16-15-,19-18-,22-21-,27-26-,35-31-,37-33-,38-34-,43-39+/t50?,51-/m1/s1. The van der Waals surface area contributed by atoms with E-state index < -0.39 is 38.6 Å². The zero-order valence-electron chi connectivity index (χ0n) is 40.6. The van der Waals surface area contributed by atoms with Gasteiger partial charge in [-0.05, 0) is 83.5 Å². The summed E-state index contributed by atoms with van der Waals surface area (Å²) in [5.41, 5.74) is 0. The van der Waals surface area contributed by atoms with Crippen LogP contribution in [0, 0.1) is 0 Å². The molecule has 0 aromatic carbocycles. The van der Waals surface area contributed by atoms with Gasteiger partial charge in [0.15, 0.2) is 6.10 Å². The second kappa shape index (κ2) is 43.5. The first kappa shape index (κ1) is 60.6. The van der Waals surface area contributed by atoms with Gasteiger partial charge in [0, 0.05) is 12.8 Å². The molecule has 0 radical (unpaired) electrons. The molecule has 0 aliphatic rings. The predicted molar refractivity (Wildman–Crippen MR) is 267 cm³/mol. The van der Waals surface area contributed by atoms with Gasteiger partial charge in [0.05, 0.1) is 33.9 Å². The summed E-state index contributed by atoms with van der Waals surface area (Å²) in [6.07, 6.45) is 56.1. The van der Waals surface area contributed by atoms with Crippen molar-refractivity contribution < 1.29 is 47.2 Å². The maximum atomic E-state index is 12.7. The van der Waals surface area contributed by atoms with Crippen LogP contribution >= 0.6 is 7.82 Å². The molecule has 0 amide bonds. The molecule has 3 atom stereocenters. The van der Waals surface area contributed by atoms with Gasteiger partial charge in [-0.1, -0.05) is 168 Å². The Bertz CT molecular complexity index is 1470. The van der Waals surface area contributed by atoms with Crippen molar-refractivity contribution in [3.63, 3.8) is 0 Å². The number of unbranched alkanes of at least 4 members (excludes halogenated alkanes) is 10. The molecule has 0 aromatic rings. The number of ether oxygens (including phenoxy) is 2. The van der Waals surface area contributed by atoms with Crippen molar-refractivity contribution in [1.29, 1.82) is 0 Å². The van der Waals surface area contributed by atoms with Crippen molar-refractivity contribution in [2.24, 2.45) is 0 Å². The second-order valence-electron chi connectivity index (χ2n) is 17.0. The Hall–Kier alpha value is -3.37. The van der Waals surface area contributed by atoms with Crippen LogP contribution < -0.4 is 0 Å². The number of esters is 2. The molecule has 0 heterocycles. The van der Waals surface area contributed by atoms with Gasteiger partial charge in [-0.3, -0.25) is 18.6 Å². The highest BCUT2D eigenvalue weighted by molar-refractivity contribution is 7.47. The van der Waals surface area contributed by atoms with Crippen molar-refractivity contribution >= 4 is 19.8 Å². The average molecular weight is 915 g/mol. The fourth-order valence-corrected chi connectivity index (χ4v) is 6.58. The Labute approximate surface area is 389 Å². The first-order valence-electron chi connectivity index (χ1n) is 24.2. The van der Waals surface area contributed by atoms with Gasteiger partial charge in [0.2, 0.25) is 0 Å². The number of rotatable bonds is 42. The molecule has 0 aliphatic heterocycles. The third-order valence-corrected chi connectivity index (χ3v) is 10.6. The van der Waals surface area contributed by atoms with Gasteiger partial charge in [-0.15, -0.1) is 0 Å². The van der Waals surface area contributed by atoms with Crippen LogP contribution in [0.4, 0.5) is 0 Å². The van der Waals surface area contributed by atoms with Crippen LogP contribution in [0.5, 0.6) is 0 Å². The zero-order chi connectivity index (χ0) is 47.3. The number of aliphatic hydroxyl groups excluding tert-OH is 1. The Morgan fingerprint density at radius 3 is 1.72 bits per heavy atom. The van der Waals surface area contributed by atoms with Crippen molar-refractivity contribution in [2.45, 2.75) is 167 Å². The lowest BCUT2D eigenvalue weighted by atomic mass is 10.1. The Morgan fingerprint density at radius 1 is 0.578 bits per heavy atom. The summed E-state index contributed by atoms with van der Waals surface area (Å²) in [5, 5.41) is 10.0. The SMILES string of the molecule is CC/C=C\C/C=C\CC(O)/C=C/C=C\C/C=C\C/C=C\CCC(=O)O[C@H](COC(=O)CCCCCCCC/C=C\C/C=C\C/C=C\CCCCCC)COP(=O)(O)OCC[N+](C)(C)C. The van der Waals surface area contributed by atoms with E-state index in [9.17, 15) is 24.2 Å². The first-order valence-corrected chi connectivity index (χ1v) is 25.7. The fraction of sp³-hybridized carbons (Fsp3) is 0.623. The minimum Gasteiger partial charge on any atom is -0.462 e. The number of likely N-dealkylation sites (N-methyl/N-ethyl adjacent to an activating group) is 1. The van der Waals surface area contributed by atoms with E-state index in [0.29, 0.717) is 36.7 Å². The molecular formula is C53H89NO9P+. The molecule has 364 valence electrons. The maximum Gasteiger partial charge on any atom is 0.472 e. The van der Waals surface area contributed by atoms with Crippen LogP contribution in [0.1, 0.15) is 155 Å². The number of phosphoric acid groups is 1. The summed E-state index contributed by atoms with van der Waals surface area (Å²) < 4.78 is 34.2. The maximum absolute atomic E-state index is 12.7. The lowest BCUT2D eigenvalue weighted by molar-refractivity contribution is -0.870. The van der Waals surface area contributed by atoms with Crippen molar-refractivity contribution in [3.8, 4) is 0 Å². The molecule has 64 heavy (non-hydrogen) atoms. The van der Waals surface area contributed by atoms with Crippen LogP contribution in [0.25, 0.3) is 0 Å². The molecule has 2 unspecified atom stereocenters. The monoisotopic (exact) mass is 915 g/mol. The van der Waals surface area contributed by atoms with E-state index in [-0.39, 0.29) is 26.1 Å². The van der Waals surface area contributed by atoms with Crippen molar-refractivity contribution in [2.75, 3.05) is 47.5 Å². The van der Waals surface area contributed by atoms with Gasteiger partial charge >= 0.3 is 19.8 Å². The molecule has 0 aliphatic carbocycles. The third-order valence-electron chi connectivity index (χ3n) is 9.63. The highest BCUT2D eigenvalue weighted by Gasteiger charge is 2.27. The number of carbonyl (C=O) groups is 2. The summed E-state index contributed by atoms with van der Waals surface area (Å²) in [4.78, 5) is 35.5. The molecule has 0 rings (SSSR count). The smallest absolute Gasteiger partial charge is 0.462 e. The highest BCUT2D eigenvalue weighted by atomic mass is 31.2. The first-order chi connectivity index (χ1) is 30.9. The van der Waals surface area contributed by atoms with Gasteiger partial charge in [-0.2, -0.15) is 0 Å². The van der Waals surface area contributed by atoms with Crippen LogP contribution in [0.3, 0.4) is 0 Å². The normalized spacial score (nSPS) is 14.9. The minimum absolute atomic E-state index is 0.0000884. The fourth-order valence-electron chi connectivity index (χ4n) is 5.84. The van der Waals surface area contributed by atoms with Crippen LogP contribution in [-0.4, -0.2) is 86.1 Å². The van der Waals surface area contributed by atoms with E-state index >= 15 is 0 Å². The van der Waals surface area contributed by atoms with E-state index in [0.717, 1.165) is 70.6 Å². The number of hydrogen-bond donors (Lipinski definition) is 2. The van der Waals surface area contributed by atoms with Gasteiger partial charge in [0.1, 0.15) is 19.8 Å². The lowest BCUT2D eigenvalue weighted by Gasteiger charge is -2.24. The van der Waals surface area contributed by atoms with Crippen LogP contribution in [-0.2, 0) is 32.7 Å². The molecule has 11 heteroatoms. The van der Waals surface area contributed by atoms with Crippen molar-refractivity contribution in [1.82, 2.24) is 0 Å². The predicted octanol–water partition coefficient (Wildman–Crippen LogP) is 13.3. The molecule has 0 saturated heterocycles. The average Bonchev–Trinajstić information content (AvgIpc) is 3.25. The number of allylic oxidation sites excluding steroid dienone is 16. The van der Waals surface area contributed by atoms with E-state index in [2.05, 4.69) is 68.5 Å². The molecule has 0 saturated carbocycles. The summed E-state index contributed by atoms with van der Waals surface area (Å²) in [5.74, 6) is -0.951. The molecule has 10 nitrogen and oxygen atoms in total. The molecule has 2 N–H and O–H groups in total. The number of aliphatic hydroxyl groups is 1. The van der Waals surface area contributed by atoms with Gasteiger partial charge in [0.25, 0.3) is 0 Å². The van der Waals surface area contributed by atoms with Gasteiger partial charge in [-0.25, -0.2) is 4.57 Å². The third kappa shape index (κ3) is 46.6. The van der Waals surface area contributed by atoms with Gasteiger partial charge < -0.3 is 24.0 Å². The van der Waals surface area contributed by atoms with Crippen molar-refractivity contribution in [3.05, 3.63) is 109 Å². The molecule has 0 fully saturated rings. The van der Waals surface area contributed by atoms with E-state index in [1.165, 1.54) is 32.1 Å².